The van der Waals surface area contributed by atoms with E-state index in [0.29, 0.717) is 6.54 Å². The lowest BCUT2D eigenvalue weighted by Crippen LogP contribution is -2.31. The fourth-order valence-corrected chi connectivity index (χ4v) is 2.75. The van der Waals surface area contributed by atoms with Gasteiger partial charge >= 0.3 is 0 Å². The summed E-state index contributed by atoms with van der Waals surface area (Å²) < 4.78 is 5.13. The molecule has 5 heteroatoms. The van der Waals surface area contributed by atoms with Gasteiger partial charge in [0.1, 0.15) is 5.75 Å². The summed E-state index contributed by atoms with van der Waals surface area (Å²) in [6, 6.07) is 7.41. The summed E-state index contributed by atoms with van der Waals surface area (Å²) in [5.41, 5.74) is 0.608. The molecule has 2 rings (SSSR count). The van der Waals surface area contributed by atoms with Crippen molar-refractivity contribution in [1.29, 1.82) is 0 Å². The Morgan fingerprint density at radius 1 is 1.38 bits per heavy atom. The van der Waals surface area contributed by atoms with E-state index in [0.717, 1.165) is 11.4 Å². The molecule has 1 atom stereocenters. The Hall–Kier alpha value is -2.04. The Morgan fingerprint density at radius 3 is 2.52 bits per heavy atom. The first-order valence-electron chi connectivity index (χ1n) is 7.05. The maximum Gasteiger partial charge on any atom is 0.231 e. The van der Waals surface area contributed by atoms with Gasteiger partial charge in [-0.2, -0.15) is 0 Å². The molecule has 1 saturated heterocycles. The molecule has 114 valence electrons. The van der Waals surface area contributed by atoms with Crippen molar-refractivity contribution in [3.63, 3.8) is 0 Å². The molecule has 1 N–H and O–H groups in total. The van der Waals surface area contributed by atoms with Crippen LogP contribution in [0.4, 0.5) is 5.69 Å². The lowest BCUT2D eigenvalue weighted by atomic mass is 9.79. The van der Waals surface area contributed by atoms with Gasteiger partial charge in [-0.3, -0.25) is 9.59 Å². The van der Waals surface area contributed by atoms with Crippen LogP contribution in [0.15, 0.2) is 24.3 Å². The molecule has 0 aliphatic carbocycles. The maximum atomic E-state index is 12.6. The first-order chi connectivity index (χ1) is 9.89. The molecule has 1 heterocycles. The minimum Gasteiger partial charge on any atom is -0.497 e. The number of carbonyl (C=O) groups is 2. The average Bonchev–Trinajstić information content (AvgIpc) is 2.70. The van der Waals surface area contributed by atoms with E-state index in [9.17, 15) is 9.59 Å². The normalized spacial score (nSPS) is 20.5. The largest absolute Gasteiger partial charge is 0.497 e. The van der Waals surface area contributed by atoms with Crippen LogP contribution in [0.25, 0.3) is 0 Å². The number of rotatable bonds is 4. The van der Waals surface area contributed by atoms with Crippen LogP contribution in [-0.2, 0) is 9.59 Å². The van der Waals surface area contributed by atoms with E-state index in [1.165, 1.54) is 0 Å². The molecule has 0 radical (unpaired) electrons. The molecule has 0 bridgehead atoms. The van der Waals surface area contributed by atoms with Gasteiger partial charge in [-0.1, -0.05) is 13.8 Å². The SMILES string of the molecule is CNC(=O)C[C@@H]1C(=O)N(c2ccc(OC)cc2)CC1(C)C. The monoisotopic (exact) mass is 290 g/mol. The van der Waals surface area contributed by atoms with Gasteiger partial charge < -0.3 is 15.0 Å². The van der Waals surface area contributed by atoms with Gasteiger partial charge in [0.25, 0.3) is 0 Å². The van der Waals surface area contributed by atoms with Crippen LogP contribution >= 0.6 is 0 Å². The van der Waals surface area contributed by atoms with E-state index in [1.807, 2.05) is 38.1 Å². The molecule has 5 nitrogen and oxygen atoms in total. The van der Waals surface area contributed by atoms with Crippen LogP contribution in [0.1, 0.15) is 20.3 Å². The van der Waals surface area contributed by atoms with Crippen molar-refractivity contribution in [1.82, 2.24) is 5.32 Å². The summed E-state index contributed by atoms with van der Waals surface area (Å²) in [4.78, 5) is 26.0. The third kappa shape index (κ3) is 3.01. The second kappa shape index (κ2) is 5.76. The van der Waals surface area contributed by atoms with Crippen molar-refractivity contribution in [3.8, 4) is 5.75 Å². The number of hydrogen-bond donors (Lipinski definition) is 1. The highest BCUT2D eigenvalue weighted by atomic mass is 16.5. The predicted molar refractivity (Wildman–Crippen MR) is 81.3 cm³/mol. The molecule has 0 spiro atoms. The summed E-state index contributed by atoms with van der Waals surface area (Å²) in [6.45, 7) is 4.67. The highest BCUT2D eigenvalue weighted by Gasteiger charge is 2.47. The van der Waals surface area contributed by atoms with Crippen LogP contribution in [0.5, 0.6) is 5.75 Å². The van der Waals surface area contributed by atoms with E-state index >= 15 is 0 Å². The Morgan fingerprint density at radius 2 is 2.00 bits per heavy atom. The lowest BCUT2D eigenvalue weighted by molar-refractivity contribution is -0.128. The third-order valence-electron chi connectivity index (χ3n) is 4.13. The minimum atomic E-state index is -0.292. The Balaban J connectivity index is 2.22. The van der Waals surface area contributed by atoms with Crippen molar-refractivity contribution < 1.29 is 14.3 Å². The predicted octanol–water partition coefficient (Wildman–Crippen LogP) is 1.82. The topological polar surface area (TPSA) is 58.6 Å². The number of amides is 2. The van der Waals surface area contributed by atoms with Crippen LogP contribution < -0.4 is 15.0 Å². The van der Waals surface area contributed by atoms with Crippen molar-refractivity contribution in [2.45, 2.75) is 20.3 Å². The molecule has 2 amide bonds. The molecule has 1 fully saturated rings. The van der Waals surface area contributed by atoms with Crippen molar-refractivity contribution in [2.24, 2.45) is 11.3 Å². The van der Waals surface area contributed by atoms with E-state index in [1.54, 1.807) is 19.1 Å². The standard InChI is InChI=1S/C16H22N2O3/c1-16(2)10-18(11-5-7-12(21-4)8-6-11)15(20)13(16)9-14(19)17-3/h5-8,13H,9-10H2,1-4H3,(H,17,19)/t13-/m1/s1. The van der Waals surface area contributed by atoms with Gasteiger partial charge in [0.2, 0.25) is 11.8 Å². The molecule has 0 unspecified atom stereocenters. The zero-order chi connectivity index (χ0) is 15.6. The molecule has 1 aromatic carbocycles. The lowest BCUT2D eigenvalue weighted by Gasteiger charge is -2.23. The van der Waals surface area contributed by atoms with Crippen LogP contribution in [0.2, 0.25) is 0 Å². The molecule has 1 aliphatic heterocycles. The quantitative estimate of drug-likeness (QED) is 0.920. The summed E-state index contributed by atoms with van der Waals surface area (Å²) in [7, 11) is 3.20. The fraction of sp³-hybridized carbons (Fsp3) is 0.500. The zero-order valence-corrected chi connectivity index (χ0v) is 13.0. The molecule has 1 aromatic rings. The van der Waals surface area contributed by atoms with Gasteiger partial charge in [0, 0.05) is 25.7 Å². The summed E-state index contributed by atoms with van der Waals surface area (Å²) >= 11 is 0. The minimum absolute atomic E-state index is 0.00812. The number of nitrogens with one attached hydrogen (secondary N) is 1. The third-order valence-corrected chi connectivity index (χ3v) is 4.13. The first kappa shape index (κ1) is 15.4. The van der Waals surface area contributed by atoms with Crippen LogP contribution in [0.3, 0.4) is 0 Å². The molecule has 1 aliphatic rings. The zero-order valence-electron chi connectivity index (χ0n) is 13.0. The van der Waals surface area contributed by atoms with Crippen LogP contribution in [-0.4, -0.2) is 32.5 Å². The maximum absolute atomic E-state index is 12.6. The van der Waals surface area contributed by atoms with Gasteiger partial charge in [0.05, 0.1) is 13.0 Å². The van der Waals surface area contributed by atoms with E-state index in [4.69, 9.17) is 4.74 Å². The summed E-state index contributed by atoms with van der Waals surface area (Å²) in [6.07, 6.45) is 0.231. The first-order valence-corrected chi connectivity index (χ1v) is 7.05. The molecule has 21 heavy (non-hydrogen) atoms. The number of nitrogens with zero attached hydrogens (tertiary/aromatic N) is 1. The number of methoxy groups -OCH3 is 1. The Labute approximate surface area is 125 Å². The van der Waals surface area contributed by atoms with Gasteiger partial charge in [-0.05, 0) is 29.7 Å². The number of anilines is 1. The van der Waals surface area contributed by atoms with E-state index < -0.39 is 0 Å². The van der Waals surface area contributed by atoms with Gasteiger partial charge in [-0.25, -0.2) is 0 Å². The van der Waals surface area contributed by atoms with E-state index in [2.05, 4.69) is 5.32 Å². The Bertz CT molecular complexity index is 537. The Kier molecular flexibility index (Phi) is 4.21. The van der Waals surface area contributed by atoms with Crippen molar-refractivity contribution in [3.05, 3.63) is 24.3 Å². The highest BCUT2D eigenvalue weighted by Crippen LogP contribution is 2.40. The number of benzene rings is 1. The van der Waals surface area contributed by atoms with Crippen LogP contribution in [0, 0.1) is 11.3 Å². The number of ether oxygens (including phenoxy) is 1. The summed E-state index contributed by atoms with van der Waals surface area (Å²) in [5, 5.41) is 2.59. The van der Waals surface area contributed by atoms with Crippen molar-refractivity contribution >= 4 is 17.5 Å². The highest BCUT2D eigenvalue weighted by molar-refractivity contribution is 6.00. The second-order valence-electron chi connectivity index (χ2n) is 6.04. The van der Waals surface area contributed by atoms with Crippen molar-refractivity contribution in [2.75, 3.05) is 25.6 Å². The summed E-state index contributed by atoms with van der Waals surface area (Å²) in [5.74, 6) is 0.373. The number of carbonyl (C=O) groups excluding carboxylic acids is 2. The number of hydrogen-bond acceptors (Lipinski definition) is 3. The second-order valence-corrected chi connectivity index (χ2v) is 6.04. The van der Waals surface area contributed by atoms with Gasteiger partial charge in [-0.15, -0.1) is 0 Å². The van der Waals surface area contributed by atoms with Gasteiger partial charge in [0.15, 0.2) is 0 Å². The molecular formula is C16H22N2O3. The van der Waals surface area contributed by atoms with E-state index in [-0.39, 0.29) is 29.6 Å². The molecule has 0 saturated carbocycles. The fourth-order valence-electron chi connectivity index (χ4n) is 2.75. The molecular weight excluding hydrogens is 268 g/mol. The smallest absolute Gasteiger partial charge is 0.231 e. The molecule has 0 aromatic heterocycles. The average molecular weight is 290 g/mol.